The van der Waals surface area contributed by atoms with E-state index in [1.165, 1.54) is 0 Å². The number of carbonyl (C=O) groups is 1. The minimum atomic E-state index is -0.624. The molecule has 1 saturated heterocycles. The van der Waals surface area contributed by atoms with Crippen LogP contribution in [0.25, 0.3) is 0 Å². The number of likely N-dealkylation sites (tertiary alicyclic amines) is 1. The van der Waals surface area contributed by atoms with Crippen molar-refractivity contribution < 1.29 is 14.6 Å². The number of rotatable bonds is 3. The monoisotopic (exact) mass is 263 g/mol. The largest absolute Gasteiger partial charge is 0.496 e. The Hall–Kier alpha value is -1.55. The molecule has 1 heterocycles. The van der Waals surface area contributed by atoms with Crippen molar-refractivity contribution >= 4 is 5.91 Å². The molecule has 4 heteroatoms. The van der Waals surface area contributed by atoms with Crippen LogP contribution in [0.2, 0.25) is 0 Å². The van der Waals surface area contributed by atoms with Gasteiger partial charge in [0.15, 0.2) is 0 Å². The maximum Gasteiger partial charge on any atom is 0.227 e. The highest BCUT2D eigenvalue weighted by Crippen LogP contribution is 2.23. The quantitative estimate of drug-likeness (QED) is 0.901. The van der Waals surface area contributed by atoms with E-state index in [-0.39, 0.29) is 5.91 Å². The first-order valence-corrected chi connectivity index (χ1v) is 6.64. The van der Waals surface area contributed by atoms with E-state index in [1.54, 1.807) is 7.11 Å². The molecule has 0 unspecified atom stereocenters. The second-order valence-corrected chi connectivity index (χ2v) is 5.37. The van der Waals surface area contributed by atoms with Crippen molar-refractivity contribution in [2.75, 3.05) is 20.2 Å². The van der Waals surface area contributed by atoms with E-state index >= 15 is 0 Å². The van der Waals surface area contributed by atoms with Crippen LogP contribution >= 0.6 is 0 Å². The number of benzene rings is 1. The van der Waals surface area contributed by atoms with Crippen molar-refractivity contribution in [1.29, 1.82) is 0 Å². The molecule has 1 aromatic rings. The van der Waals surface area contributed by atoms with Crippen LogP contribution in [0.5, 0.6) is 5.75 Å². The average molecular weight is 263 g/mol. The van der Waals surface area contributed by atoms with Gasteiger partial charge in [0.05, 0.1) is 19.1 Å². The molecule has 0 aromatic heterocycles. The molecule has 2 rings (SSSR count). The van der Waals surface area contributed by atoms with Gasteiger partial charge in [-0.05, 0) is 25.8 Å². The Balaban J connectivity index is 1.98. The predicted molar refractivity (Wildman–Crippen MR) is 73.1 cm³/mol. The third kappa shape index (κ3) is 3.47. The first-order valence-electron chi connectivity index (χ1n) is 6.64. The molecule has 104 valence electrons. The van der Waals surface area contributed by atoms with E-state index in [4.69, 9.17) is 4.74 Å². The summed E-state index contributed by atoms with van der Waals surface area (Å²) in [6, 6.07) is 7.58. The van der Waals surface area contributed by atoms with Gasteiger partial charge in [0, 0.05) is 18.7 Å². The molecular weight excluding hydrogens is 242 g/mol. The van der Waals surface area contributed by atoms with Crippen molar-refractivity contribution in [3.05, 3.63) is 29.8 Å². The summed E-state index contributed by atoms with van der Waals surface area (Å²) in [5, 5.41) is 9.89. The number of carbonyl (C=O) groups excluding carboxylic acids is 1. The van der Waals surface area contributed by atoms with Gasteiger partial charge in [-0.3, -0.25) is 4.79 Å². The summed E-state index contributed by atoms with van der Waals surface area (Å²) in [6.07, 6.45) is 1.64. The second-order valence-electron chi connectivity index (χ2n) is 5.37. The van der Waals surface area contributed by atoms with Crippen molar-refractivity contribution in [3.8, 4) is 5.75 Å². The fraction of sp³-hybridized carbons (Fsp3) is 0.533. The summed E-state index contributed by atoms with van der Waals surface area (Å²) in [4.78, 5) is 14.1. The fourth-order valence-corrected chi connectivity index (χ4v) is 2.36. The molecule has 1 aromatic carbocycles. The summed E-state index contributed by atoms with van der Waals surface area (Å²) >= 11 is 0. The summed E-state index contributed by atoms with van der Waals surface area (Å²) in [5.41, 5.74) is 0.286. The first-order chi connectivity index (χ1) is 9.02. The lowest BCUT2D eigenvalue weighted by atomic mass is 9.93. The Morgan fingerprint density at radius 1 is 1.37 bits per heavy atom. The molecule has 0 radical (unpaired) electrons. The van der Waals surface area contributed by atoms with E-state index in [9.17, 15) is 9.90 Å². The van der Waals surface area contributed by atoms with Gasteiger partial charge in [-0.1, -0.05) is 18.2 Å². The molecular formula is C15H21NO3. The molecule has 19 heavy (non-hydrogen) atoms. The number of ether oxygens (including phenoxy) is 1. The predicted octanol–water partition coefficient (Wildman–Crippen LogP) is 1.61. The molecule has 4 nitrogen and oxygen atoms in total. The zero-order valence-corrected chi connectivity index (χ0v) is 11.6. The fourth-order valence-electron chi connectivity index (χ4n) is 2.36. The summed E-state index contributed by atoms with van der Waals surface area (Å²) in [5.74, 6) is 0.847. The van der Waals surface area contributed by atoms with Crippen molar-refractivity contribution in [2.45, 2.75) is 31.8 Å². The number of para-hydroxylation sites is 1. The Bertz CT molecular complexity index is 446. The highest BCUT2D eigenvalue weighted by molar-refractivity contribution is 5.79. The average Bonchev–Trinajstić information content (AvgIpc) is 2.39. The number of hydrogen-bond donors (Lipinski definition) is 1. The SMILES string of the molecule is COc1ccccc1CC(=O)N1CCC(C)(O)CC1. The molecule has 1 N–H and O–H groups in total. The van der Waals surface area contributed by atoms with E-state index in [1.807, 2.05) is 36.1 Å². The molecule has 1 aliphatic heterocycles. The molecule has 0 spiro atoms. The van der Waals surface area contributed by atoms with E-state index < -0.39 is 5.60 Å². The van der Waals surface area contributed by atoms with Gasteiger partial charge in [0.1, 0.15) is 5.75 Å². The standard InChI is InChI=1S/C15H21NO3/c1-15(18)7-9-16(10-8-15)14(17)11-12-5-3-4-6-13(12)19-2/h3-6,18H,7-11H2,1-2H3. The van der Waals surface area contributed by atoms with Gasteiger partial charge >= 0.3 is 0 Å². The van der Waals surface area contributed by atoms with Crippen LogP contribution in [0.15, 0.2) is 24.3 Å². The van der Waals surface area contributed by atoms with E-state index in [2.05, 4.69) is 0 Å². The summed E-state index contributed by atoms with van der Waals surface area (Å²) < 4.78 is 5.26. The van der Waals surface area contributed by atoms with Crippen LogP contribution in [0.1, 0.15) is 25.3 Å². The van der Waals surface area contributed by atoms with Crippen LogP contribution in [-0.2, 0) is 11.2 Å². The topological polar surface area (TPSA) is 49.8 Å². The van der Waals surface area contributed by atoms with Crippen molar-refractivity contribution in [1.82, 2.24) is 4.90 Å². The highest BCUT2D eigenvalue weighted by atomic mass is 16.5. The molecule has 0 aliphatic carbocycles. The maximum absolute atomic E-state index is 12.2. The number of methoxy groups -OCH3 is 1. The smallest absolute Gasteiger partial charge is 0.227 e. The lowest BCUT2D eigenvalue weighted by molar-refractivity contribution is -0.134. The molecule has 1 fully saturated rings. The second kappa shape index (κ2) is 5.61. The Kier molecular flexibility index (Phi) is 4.10. The maximum atomic E-state index is 12.2. The molecule has 0 atom stereocenters. The van der Waals surface area contributed by atoms with Crippen LogP contribution in [0.3, 0.4) is 0 Å². The van der Waals surface area contributed by atoms with Crippen LogP contribution < -0.4 is 4.74 Å². The normalized spacial score (nSPS) is 18.2. The van der Waals surface area contributed by atoms with E-state index in [0.29, 0.717) is 32.4 Å². The summed E-state index contributed by atoms with van der Waals surface area (Å²) in [7, 11) is 1.61. The first kappa shape index (κ1) is 13.9. The summed E-state index contributed by atoms with van der Waals surface area (Å²) in [6.45, 7) is 3.08. The molecule has 0 bridgehead atoms. The van der Waals surface area contributed by atoms with E-state index in [0.717, 1.165) is 11.3 Å². The zero-order chi connectivity index (χ0) is 13.9. The Labute approximate surface area is 114 Å². The van der Waals surface area contributed by atoms with Gasteiger partial charge in [-0.25, -0.2) is 0 Å². The minimum Gasteiger partial charge on any atom is -0.496 e. The highest BCUT2D eigenvalue weighted by Gasteiger charge is 2.29. The van der Waals surface area contributed by atoms with Crippen molar-refractivity contribution in [3.63, 3.8) is 0 Å². The van der Waals surface area contributed by atoms with Crippen molar-refractivity contribution in [2.24, 2.45) is 0 Å². The molecule has 1 amide bonds. The van der Waals surface area contributed by atoms with Gasteiger partial charge in [0.25, 0.3) is 0 Å². The van der Waals surface area contributed by atoms with Gasteiger partial charge in [-0.15, -0.1) is 0 Å². The lowest BCUT2D eigenvalue weighted by Crippen LogP contribution is -2.45. The lowest BCUT2D eigenvalue weighted by Gasteiger charge is -2.35. The van der Waals surface area contributed by atoms with Crippen LogP contribution in [0, 0.1) is 0 Å². The van der Waals surface area contributed by atoms with Gasteiger partial charge < -0.3 is 14.7 Å². The number of hydrogen-bond acceptors (Lipinski definition) is 3. The molecule has 0 saturated carbocycles. The Morgan fingerprint density at radius 2 is 2.00 bits per heavy atom. The minimum absolute atomic E-state index is 0.0972. The van der Waals surface area contributed by atoms with Crippen LogP contribution in [0.4, 0.5) is 0 Å². The van der Waals surface area contributed by atoms with Gasteiger partial charge in [0.2, 0.25) is 5.91 Å². The number of nitrogens with zero attached hydrogens (tertiary/aromatic N) is 1. The number of amides is 1. The van der Waals surface area contributed by atoms with Gasteiger partial charge in [-0.2, -0.15) is 0 Å². The number of aliphatic hydroxyl groups is 1. The zero-order valence-electron chi connectivity index (χ0n) is 11.6. The third-order valence-corrected chi connectivity index (χ3v) is 3.73. The molecule has 1 aliphatic rings. The van der Waals surface area contributed by atoms with Crippen LogP contribution in [-0.4, -0.2) is 41.7 Å². The number of piperidine rings is 1. The Morgan fingerprint density at radius 3 is 2.63 bits per heavy atom. The third-order valence-electron chi connectivity index (χ3n) is 3.73.